The molecule has 0 heteroatoms. The molecule has 2 fully saturated rings. The van der Waals surface area contributed by atoms with Crippen LogP contribution in [0, 0.1) is 29.1 Å². The normalized spacial score (nSPS) is 55.6. The van der Waals surface area contributed by atoms with E-state index in [9.17, 15) is 0 Å². The second-order valence-electron chi connectivity index (χ2n) is 7.15. The average Bonchev–Trinajstić information content (AvgIpc) is 2.80. The molecule has 0 spiro atoms. The lowest BCUT2D eigenvalue weighted by atomic mass is 9.49. The van der Waals surface area contributed by atoms with E-state index in [-0.39, 0.29) is 0 Å². The van der Waals surface area contributed by atoms with E-state index in [4.69, 9.17) is 0 Å². The van der Waals surface area contributed by atoms with Crippen molar-refractivity contribution in [3.63, 3.8) is 0 Å². The van der Waals surface area contributed by atoms with E-state index in [1.54, 1.807) is 5.57 Å². The van der Waals surface area contributed by atoms with Gasteiger partial charge < -0.3 is 0 Å². The summed E-state index contributed by atoms with van der Waals surface area (Å²) in [5, 5.41) is 0. The van der Waals surface area contributed by atoms with Gasteiger partial charge in [-0.2, -0.15) is 0 Å². The molecule has 0 radical (unpaired) electrons. The van der Waals surface area contributed by atoms with Gasteiger partial charge in [0.1, 0.15) is 0 Å². The van der Waals surface area contributed by atoms with Crippen LogP contribution in [-0.4, -0.2) is 0 Å². The van der Waals surface area contributed by atoms with E-state index < -0.39 is 0 Å². The summed E-state index contributed by atoms with van der Waals surface area (Å²) in [4.78, 5) is 0. The summed E-state index contributed by atoms with van der Waals surface area (Å²) in [5.74, 6) is 3.83. The molecule has 0 aromatic rings. The van der Waals surface area contributed by atoms with Crippen LogP contribution in [0.4, 0.5) is 0 Å². The Balaban J connectivity index is 1.61. The Labute approximate surface area is 98.8 Å². The second kappa shape index (κ2) is 2.66. The number of rotatable bonds is 1. The molecule has 0 amide bonds. The molecule has 0 nitrogen and oxygen atoms in total. The first-order valence-corrected chi connectivity index (χ1v) is 7.04. The maximum Gasteiger partial charge on any atom is -0.00357 e. The van der Waals surface area contributed by atoms with Crippen molar-refractivity contribution in [3.05, 3.63) is 22.8 Å². The lowest BCUT2D eigenvalue weighted by molar-refractivity contribution is 0.235. The Morgan fingerprint density at radius 1 is 1.25 bits per heavy atom. The van der Waals surface area contributed by atoms with Gasteiger partial charge in [-0.3, -0.25) is 0 Å². The molecule has 0 saturated heterocycles. The number of hydrogen-bond acceptors (Lipinski definition) is 0. The van der Waals surface area contributed by atoms with Gasteiger partial charge in [-0.25, -0.2) is 0 Å². The Kier molecular flexibility index (Phi) is 1.58. The van der Waals surface area contributed by atoms with Crippen LogP contribution in [0.15, 0.2) is 22.8 Å². The zero-order valence-corrected chi connectivity index (χ0v) is 10.7. The average molecular weight is 214 g/mol. The van der Waals surface area contributed by atoms with Crippen molar-refractivity contribution >= 4 is 0 Å². The molecule has 2 saturated carbocycles. The zero-order valence-electron chi connectivity index (χ0n) is 10.7. The summed E-state index contributed by atoms with van der Waals surface area (Å²) in [6.07, 6.45) is 8.34. The quantitative estimate of drug-likeness (QED) is 0.609. The fraction of sp³-hybridized carbons (Fsp3) is 0.750. The van der Waals surface area contributed by atoms with Crippen molar-refractivity contribution in [2.75, 3.05) is 0 Å². The smallest absolute Gasteiger partial charge is 0.00357 e. The van der Waals surface area contributed by atoms with Crippen LogP contribution in [0.2, 0.25) is 0 Å². The second-order valence-corrected chi connectivity index (χ2v) is 7.15. The molecule has 86 valence electrons. The van der Waals surface area contributed by atoms with Gasteiger partial charge in [-0.05, 0) is 65.9 Å². The van der Waals surface area contributed by atoms with Gasteiger partial charge in [0, 0.05) is 0 Å². The molecule has 0 N–H and O–H groups in total. The van der Waals surface area contributed by atoms with Crippen LogP contribution in [0.5, 0.6) is 0 Å². The third kappa shape index (κ3) is 0.972. The van der Waals surface area contributed by atoms with Gasteiger partial charge in [0.25, 0.3) is 0 Å². The van der Waals surface area contributed by atoms with E-state index in [2.05, 4.69) is 26.8 Å². The molecule has 4 rings (SSSR count). The molecular weight excluding hydrogens is 192 g/mol. The minimum absolute atomic E-state index is 0.640. The maximum atomic E-state index is 2.62. The maximum absolute atomic E-state index is 2.62. The highest BCUT2D eigenvalue weighted by molar-refractivity contribution is 5.62. The van der Waals surface area contributed by atoms with Crippen LogP contribution in [0.3, 0.4) is 0 Å². The summed E-state index contributed by atoms with van der Waals surface area (Å²) in [6, 6.07) is 0. The van der Waals surface area contributed by atoms with Crippen molar-refractivity contribution < 1.29 is 0 Å². The summed E-state index contributed by atoms with van der Waals surface area (Å²) in [5.41, 5.74) is 6.06. The van der Waals surface area contributed by atoms with Crippen LogP contribution < -0.4 is 0 Å². The van der Waals surface area contributed by atoms with Crippen molar-refractivity contribution in [2.24, 2.45) is 29.1 Å². The number of hydrogen-bond donors (Lipinski definition) is 0. The zero-order chi connectivity index (χ0) is 11.1. The third-order valence-electron chi connectivity index (χ3n) is 5.84. The highest BCUT2D eigenvalue weighted by atomic mass is 14.6. The Bertz CT molecular complexity index is 425. The molecule has 0 aromatic carbocycles. The Morgan fingerprint density at radius 2 is 2.00 bits per heavy atom. The fourth-order valence-electron chi connectivity index (χ4n) is 4.71. The minimum Gasteiger partial charge on any atom is -0.0773 e. The molecule has 0 heterocycles. The molecule has 5 unspecified atom stereocenters. The van der Waals surface area contributed by atoms with Crippen LogP contribution >= 0.6 is 0 Å². The fourth-order valence-corrected chi connectivity index (χ4v) is 4.71. The first-order valence-electron chi connectivity index (χ1n) is 7.04. The first-order chi connectivity index (χ1) is 7.59. The number of allylic oxidation sites excluding steroid dienone is 4. The highest BCUT2D eigenvalue weighted by Gasteiger charge is 2.59. The van der Waals surface area contributed by atoms with Crippen LogP contribution in [0.1, 0.15) is 46.5 Å². The van der Waals surface area contributed by atoms with Gasteiger partial charge in [-0.1, -0.05) is 32.4 Å². The van der Waals surface area contributed by atoms with Crippen molar-refractivity contribution in [2.45, 2.75) is 46.5 Å². The van der Waals surface area contributed by atoms with Crippen molar-refractivity contribution in [1.82, 2.24) is 0 Å². The summed E-state index contributed by atoms with van der Waals surface area (Å²) >= 11 is 0. The molecule has 0 aliphatic heterocycles. The third-order valence-corrected chi connectivity index (χ3v) is 5.84. The first kappa shape index (κ1) is 9.50. The highest BCUT2D eigenvalue weighted by Crippen LogP contribution is 2.70. The van der Waals surface area contributed by atoms with E-state index in [0.717, 1.165) is 23.7 Å². The van der Waals surface area contributed by atoms with Gasteiger partial charge in [0.2, 0.25) is 0 Å². The summed E-state index contributed by atoms with van der Waals surface area (Å²) in [6.45, 7) is 7.35. The van der Waals surface area contributed by atoms with Gasteiger partial charge >= 0.3 is 0 Å². The lowest BCUT2D eigenvalue weighted by Crippen LogP contribution is -2.43. The van der Waals surface area contributed by atoms with Crippen molar-refractivity contribution in [1.29, 1.82) is 0 Å². The molecule has 4 aliphatic carbocycles. The molecule has 0 aromatic heterocycles. The van der Waals surface area contributed by atoms with E-state index in [0.29, 0.717) is 5.41 Å². The van der Waals surface area contributed by atoms with Gasteiger partial charge in [0.05, 0.1) is 0 Å². The van der Waals surface area contributed by atoms with E-state index >= 15 is 0 Å². The Morgan fingerprint density at radius 3 is 2.69 bits per heavy atom. The standard InChI is InChI=1S/C16H22/c1-9-4-13-15-12(6-11-5-10(11)2)7-14(15)16(13,3)8-9/h6,9-11,13H,4-5,7-8H2,1-3H3. The lowest BCUT2D eigenvalue weighted by Gasteiger charge is -2.55. The molecule has 4 aliphatic rings. The topological polar surface area (TPSA) is 0 Å². The summed E-state index contributed by atoms with van der Waals surface area (Å²) < 4.78 is 0. The van der Waals surface area contributed by atoms with E-state index in [1.165, 1.54) is 25.7 Å². The van der Waals surface area contributed by atoms with Crippen LogP contribution in [-0.2, 0) is 0 Å². The monoisotopic (exact) mass is 214 g/mol. The molecule has 0 bridgehead atoms. The van der Waals surface area contributed by atoms with Crippen molar-refractivity contribution in [3.8, 4) is 0 Å². The largest absolute Gasteiger partial charge is 0.0773 e. The predicted octanol–water partition coefficient (Wildman–Crippen LogP) is 4.34. The molecule has 16 heavy (non-hydrogen) atoms. The van der Waals surface area contributed by atoms with Gasteiger partial charge in [-0.15, -0.1) is 0 Å². The predicted molar refractivity (Wildman–Crippen MR) is 67.0 cm³/mol. The van der Waals surface area contributed by atoms with Gasteiger partial charge in [0.15, 0.2) is 0 Å². The SMILES string of the molecule is CC1CC2C3=C(CC3=CC3CC3C)C2(C)C1. The minimum atomic E-state index is 0.640. The molecular formula is C16H22. The van der Waals surface area contributed by atoms with E-state index in [1.807, 2.05) is 11.1 Å². The molecule has 5 atom stereocenters. The Hall–Kier alpha value is -0.520. The summed E-state index contributed by atoms with van der Waals surface area (Å²) in [7, 11) is 0. The van der Waals surface area contributed by atoms with Crippen LogP contribution in [0.25, 0.3) is 0 Å². The number of fused-ring (bicyclic) bond motifs is 3.